The molecule has 0 aromatic heterocycles. The lowest BCUT2D eigenvalue weighted by molar-refractivity contribution is -0.138. The van der Waals surface area contributed by atoms with Gasteiger partial charge in [0.2, 0.25) is 6.08 Å². The number of aliphatic carboxylic acids is 1. The first-order chi connectivity index (χ1) is 6.74. The van der Waals surface area contributed by atoms with Crippen LogP contribution in [-0.4, -0.2) is 23.2 Å². The average Bonchev–Trinajstić information content (AvgIpc) is 2.18. The minimum atomic E-state index is -1.11. The van der Waals surface area contributed by atoms with E-state index in [-0.39, 0.29) is 6.42 Å². The smallest absolute Gasteiger partial charge is 0.329 e. The fourth-order valence-corrected chi connectivity index (χ4v) is 1.09. The summed E-state index contributed by atoms with van der Waals surface area (Å²) in [6.07, 6.45) is 1.48. The number of isocyanates is 1. The van der Waals surface area contributed by atoms with Crippen LogP contribution in [0, 0.1) is 0 Å². The third kappa shape index (κ3) is 2.84. The maximum absolute atomic E-state index is 10.6. The van der Waals surface area contributed by atoms with Gasteiger partial charge in [-0.1, -0.05) is 30.3 Å². The summed E-state index contributed by atoms with van der Waals surface area (Å²) in [6.45, 7) is 0. The van der Waals surface area contributed by atoms with E-state index in [0.29, 0.717) is 0 Å². The predicted molar refractivity (Wildman–Crippen MR) is 49.7 cm³/mol. The molecule has 4 nitrogen and oxygen atoms in total. The van der Waals surface area contributed by atoms with Gasteiger partial charge >= 0.3 is 5.97 Å². The highest BCUT2D eigenvalue weighted by Crippen LogP contribution is 2.05. The van der Waals surface area contributed by atoms with Crippen molar-refractivity contribution in [2.45, 2.75) is 12.5 Å². The van der Waals surface area contributed by atoms with Crippen molar-refractivity contribution in [2.24, 2.45) is 4.99 Å². The van der Waals surface area contributed by atoms with Gasteiger partial charge in [0.25, 0.3) is 0 Å². The second-order valence-electron chi connectivity index (χ2n) is 2.76. The Morgan fingerprint density at radius 2 is 2.07 bits per heavy atom. The van der Waals surface area contributed by atoms with Crippen LogP contribution in [0.4, 0.5) is 0 Å². The van der Waals surface area contributed by atoms with Gasteiger partial charge in [-0.15, -0.1) is 0 Å². The Hall–Kier alpha value is -1.93. The Balaban J connectivity index is 2.75. The van der Waals surface area contributed by atoms with Gasteiger partial charge in [0.1, 0.15) is 0 Å². The van der Waals surface area contributed by atoms with E-state index in [1.807, 2.05) is 6.07 Å². The number of carbonyl (C=O) groups is 1. The van der Waals surface area contributed by atoms with Crippen molar-refractivity contribution in [3.05, 3.63) is 35.9 Å². The van der Waals surface area contributed by atoms with Gasteiger partial charge in [-0.05, 0) is 5.56 Å². The number of carboxylic acid groups (broad SMARTS) is 1. The summed E-state index contributed by atoms with van der Waals surface area (Å²) >= 11 is 0. The lowest BCUT2D eigenvalue weighted by atomic mass is 10.1. The molecule has 72 valence electrons. The third-order valence-electron chi connectivity index (χ3n) is 1.77. The van der Waals surface area contributed by atoms with Crippen molar-refractivity contribution in [3.63, 3.8) is 0 Å². The van der Waals surface area contributed by atoms with Gasteiger partial charge in [0, 0.05) is 6.42 Å². The number of rotatable bonds is 4. The standard InChI is InChI=1S/C10H9NO3/c12-7-11-9(10(13)14)6-8-4-2-1-3-5-8/h1-5,9H,6H2,(H,13,14). The van der Waals surface area contributed by atoms with Crippen LogP contribution in [0.5, 0.6) is 0 Å². The molecule has 1 unspecified atom stereocenters. The maximum atomic E-state index is 10.6. The molecule has 1 aromatic rings. The van der Waals surface area contributed by atoms with Crippen LogP contribution in [-0.2, 0) is 16.0 Å². The summed E-state index contributed by atoms with van der Waals surface area (Å²) in [4.78, 5) is 23.8. The highest BCUT2D eigenvalue weighted by Gasteiger charge is 2.16. The topological polar surface area (TPSA) is 66.7 Å². The lowest BCUT2D eigenvalue weighted by Crippen LogP contribution is -2.20. The van der Waals surface area contributed by atoms with Gasteiger partial charge in [0.05, 0.1) is 0 Å². The first-order valence-electron chi connectivity index (χ1n) is 4.07. The van der Waals surface area contributed by atoms with Gasteiger partial charge in [-0.25, -0.2) is 9.59 Å². The van der Waals surface area contributed by atoms with Crippen LogP contribution in [0.2, 0.25) is 0 Å². The van der Waals surface area contributed by atoms with Crippen molar-refractivity contribution < 1.29 is 14.7 Å². The van der Waals surface area contributed by atoms with Crippen molar-refractivity contribution in [1.82, 2.24) is 0 Å². The number of carbonyl (C=O) groups excluding carboxylic acids is 1. The van der Waals surface area contributed by atoms with E-state index in [2.05, 4.69) is 4.99 Å². The predicted octanol–water partition coefficient (Wildman–Crippen LogP) is 1.02. The SMILES string of the molecule is O=C=NC(Cc1ccccc1)C(=O)O. The van der Waals surface area contributed by atoms with E-state index in [9.17, 15) is 9.59 Å². The molecule has 0 saturated carbocycles. The third-order valence-corrected chi connectivity index (χ3v) is 1.77. The molecular formula is C10H9NO3. The molecule has 0 aliphatic carbocycles. The van der Waals surface area contributed by atoms with E-state index in [1.165, 1.54) is 6.08 Å². The number of benzene rings is 1. The molecule has 1 N–H and O–H groups in total. The summed E-state index contributed by atoms with van der Waals surface area (Å²) in [7, 11) is 0. The van der Waals surface area contributed by atoms with Crippen molar-refractivity contribution in [3.8, 4) is 0 Å². The van der Waals surface area contributed by atoms with Crippen molar-refractivity contribution in [2.75, 3.05) is 0 Å². The minimum absolute atomic E-state index is 0.214. The zero-order chi connectivity index (χ0) is 10.4. The highest BCUT2D eigenvalue weighted by molar-refractivity contribution is 5.75. The van der Waals surface area contributed by atoms with Gasteiger partial charge in [-0.3, -0.25) is 0 Å². The monoisotopic (exact) mass is 191 g/mol. The van der Waals surface area contributed by atoms with Crippen LogP contribution in [0.25, 0.3) is 0 Å². The summed E-state index contributed by atoms with van der Waals surface area (Å²) in [5, 5.41) is 8.69. The zero-order valence-electron chi connectivity index (χ0n) is 7.38. The number of nitrogens with zero attached hydrogens (tertiary/aromatic N) is 1. The molecule has 0 radical (unpaired) electrons. The molecule has 1 rings (SSSR count). The Kier molecular flexibility index (Phi) is 3.58. The number of hydrogen-bond donors (Lipinski definition) is 1. The highest BCUT2D eigenvalue weighted by atomic mass is 16.4. The largest absolute Gasteiger partial charge is 0.480 e. The van der Waals surface area contributed by atoms with Gasteiger partial charge < -0.3 is 5.11 Å². The first kappa shape index (κ1) is 10.2. The van der Waals surface area contributed by atoms with Crippen LogP contribution < -0.4 is 0 Å². The minimum Gasteiger partial charge on any atom is -0.480 e. The Morgan fingerprint density at radius 1 is 1.43 bits per heavy atom. The summed E-state index contributed by atoms with van der Waals surface area (Å²) < 4.78 is 0. The molecule has 14 heavy (non-hydrogen) atoms. The van der Waals surface area contributed by atoms with Crippen LogP contribution >= 0.6 is 0 Å². The molecule has 1 atom stereocenters. The molecule has 0 fully saturated rings. The molecule has 0 heterocycles. The Bertz CT molecular complexity index is 353. The molecule has 1 aromatic carbocycles. The number of hydrogen-bond acceptors (Lipinski definition) is 3. The number of aliphatic imine (C=N–C) groups is 1. The summed E-state index contributed by atoms with van der Waals surface area (Å²) in [6, 6.07) is 7.99. The van der Waals surface area contributed by atoms with E-state index < -0.39 is 12.0 Å². The molecule has 0 aliphatic heterocycles. The molecule has 0 spiro atoms. The zero-order valence-corrected chi connectivity index (χ0v) is 7.38. The van der Waals surface area contributed by atoms with E-state index in [1.54, 1.807) is 24.3 Å². The second kappa shape index (κ2) is 4.94. The normalized spacial score (nSPS) is 11.4. The maximum Gasteiger partial charge on any atom is 0.329 e. The van der Waals surface area contributed by atoms with Crippen LogP contribution in [0.3, 0.4) is 0 Å². The lowest BCUT2D eigenvalue weighted by Gasteiger charge is -2.04. The van der Waals surface area contributed by atoms with Crippen molar-refractivity contribution >= 4 is 12.0 Å². The summed E-state index contributed by atoms with van der Waals surface area (Å²) in [5.41, 5.74) is 0.832. The van der Waals surface area contributed by atoms with Gasteiger partial charge in [0.15, 0.2) is 6.04 Å². The fraction of sp³-hybridized carbons (Fsp3) is 0.200. The quantitative estimate of drug-likeness (QED) is 0.570. The Labute approximate surface area is 80.9 Å². The fourth-order valence-electron chi connectivity index (χ4n) is 1.09. The summed E-state index contributed by atoms with van der Waals surface area (Å²) in [5.74, 6) is -1.11. The van der Waals surface area contributed by atoms with E-state index >= 15 is 0 Å². The second-order valence-corrected chi connectivity index (χ2v) is 2.76. The van der Waals surface area contributed by atoms with E-state index in [0.717, 1.165) is 5.56 Å². The average molecular weight is 191 g/mol. The van der Waals surface area contributed by atoms with Crippen LogP contribution in [0.15, 0.2) is 35.3 Å². The molecule has 0 aliphatic rings. The van der Waals surface area contributed by atoms with Gasteiger partial charge in [-0.2, -0.15) is 4.99 Å². The Morgan fingerprint density at radius 3 is 2.57 bits per heavy atom. The van der Waals surface area contributed by atoms with E-state index in [4.69, 9.17) is 5.11 Å². The molecule has 4 heteroatoms. The molecule has 0 bridgehead atoms. The first-order valence-corrected chi connectivity index (χ1v) is 4.07. The molecule has 0 amide bonds. The molecule has 0 saturated heterocycles. The van der Waals surface area contributed by atoms with Crippen LogP contribution in [0.1, 0.15) is 5.56 Å². The van der Waals surface area contributed by atoms with Crippen molar-refractivity contribution in [1.29, 1.82) is 0 Å². The number of carboxylic acids is 1. The molecular weight excluding hydrogens is 182 g/mol.